The normalized spacial score (nSPS) is 11.3. The van der Waals surface area contributed by atoms with Gasteiger partial charge in [-0.1, -0.05) is 6.07 Å². The van der Waals surface area contributed by atoms with Crippen LogP contribution in [0.1, 0.15) is 30.1 Å². The van der Waals surface area contributed by atoms with E-state index in [4.69, 9.17) is 10.8 Å². The monoisotopic (exact) mass is 307 g/mol. The Hall–Kier alpha value is -2.90. The van der Waals surface area contributed by atoms with E-state index in [2.05, 4.69) is 10.6 Å². The molecule has 8 heteroatoms. The van der Waals surface area contributed by atoms with Crippen LogP contribution in [0.25, 0.3) is 0 Å². The first-order valence-electron chi connectivity index (χ1n) is 6.49. The highest BCUT2D eigenvalue weighted by Crippen LogP contribution is 2.11. The zero-order valence-electron chi connectivity index (χ0n) is 12.0. The van der Waals surface area contributed by atoms with Crippen LogP contribution in [0.2, 0.25) is 0 Å². The lowest BCUT2D eigenvalue weighted by atomic mass is 10.1. The lowest BCUT2D eigenvalue weighted by molar-refractivity contribution is -0.139. The molecule has 5 N–H and O–H groups in total. The molecule has 0 bridgehead atoms. The molecule has 118 valence electrons. The van der Waals surface area contributed by atoms with Crippen LogP contribution in [0, 0.1) is 0 Å². The quantitative estimate of drug-likeness (QED) is 0.565. The number of anilines is 1. The lowest BCUT2D eigenvalue weighted by Crippen LogP contribution is -2.41. The van der Waals surface area contributed by atoms with E-state index in [-0.39, 0.29) is 24.3 Å². The average molecular weight is 307 g/mol. The Morgan fingerprint density at radius 2 is 1.95 bits per heavy atom. The van der Waals surface area contributed by atoms with Crippen LogP contribution in [0.5, 0.6) is 0 Å². The highest BCUT2D eigenvalue weighted by molar-refractivity contribution is 5.98. The third-order valence-corrected chi connectivity index (χ3v) is 2.73. The lowest BCUT2D eigenvalue weighted by Gasteiger charge is -2.14. The van der Waals surface area contributed by atoms with Gasteiger partial charge in [-0.05, 0) is 24.6 Å². The van der Waals surface area contributed by atoms with Gasteiger partial charge in [-0.2, -0.15) is 0 Å². The second kappa shape index (κ2) is 7.77. The summed E-state index contributed by atoms with van der Waals surface area (Å²) in [4.78, 5) is 44.8. The Bertz CT molecular complexity index is 600. The van der Waals surface area contributed by atoms with Crippen molar-refractivity contribution < 1.29 is 24.3 Å². The maximum Gasteiger partial charge on any atom is 0.326 e. The number of carbonyl (C=O) groups is 4. The summed E-state index contributed by atoms with van der Waals surface area (Å²) < 4.78 is 0. The Balaban J connectivity index is 2.79. The summed E-state index contributed by atoms with van der Waals surface area (Å²) in [6.07, 6.45) is -0.245. The molecule has 0 saturated carbocycles. The van der Waals surface area contributed by atoms with Gasteiger partial charge in [0, 0.05) is 24.6 Å². The van der Waals surface area contributed by atoms with Crippen molar-refractivity contribution in [1.29, 1.82) is 0 Å². The number of hydrogen-bond donors (Lipinski definition) is 4. The zero-order chi connectivity index (χ0) is 16.7. The van der Waals surface area contributed by atoms with Crippen molar-refractivity contribution in [3.8, 4) is 0 Å². The molecule has 0 spiro atoms. The third kappa shape index (κ3) is 5.61. The second-order valence-electron chi connectivity index (χ2n) is 4.63. The molecular weight excluding hydrogens is 290 g/mol. The Labute approximate surface area is 126 Å². The number of carboxylic acid groups (broad SMARTS) is 1. The van der Waals surface area contributed by atoms with E-state index in [1.807, 2.05) is 0 Å². The second-order valence-corrected chi connectivity index (χ2v) is 4.63. The van der Waals surface area contributed by atoms with Gasteiger partial charge in [-0.3, -0.25) is 14.4 Å². The van der Waals surface area contributed by atoms with E-state index in [1.54, 1.807) is 12.1 Å². The maximum atomic E-state index is 12.0. The van der Waals surface area contributed by atoms with Crippen molar-refractivity contribution in [1.82, 2.24) is 5.32 Å². The number of nitrogens with one attached hydrogen (secondary N) is 2. The number of nitrogens with two attached hydrogens (primary N) is 1. The minimum Gasteiger partial charge on any atom is -0.480 e. The number of carboxylic acids is 1. The molecule has 0 radical (unpaired) electrons. The molecule has 0 aliphatic carbocycles. The average Bonchev–Trinajstić information content (AvgIpc) is 2.42. The van der Waals surface area contributed by atoms with E-state index >= 15 is 0 Å². The number of hydrogen-bond acceptors (Lipinski definition) is 4. The fourth-order valence-corrected chi connectivity index (χ4v) is 1.73. The van der Waals surface area contributed by atoms with Crippen LogP contribution in [0.4, 0.5) is 5.69 Å². The third-order valence-electron chi connectivity index (χ3n) is 2.73. The van der Waals surface area contributed by atoms with Gasteiger partial charge >= 0.3 is 5.97 Å². The number of amides is 3. The largest absolute Gasteiger partial charge is 0.480 e. The van der Waals surface area contributed by atoms with Crippen LogP contribution in [-0.2, 0) is 14.4 Å². The highest BCUT2D eigenvalue weighted by Gasteiger charge is 2.21. The van der Waals surface area contributed by atoms with Crippen molar-refractivity contribution in [3.63, 3.8) is 0 Å². The summed E-state index contributed by atoms with van der Waals surface area (Å²) in [7, 11) is 0. The van der Waals surface area contributed by atoms with Gasteiger partial charge in [0.2, 0.25) is 11.8 Å². The summed E-state index contributed by atoms with van der Waals surface area (Å²) in [5, 5.41) is 13.9. The Morgan fingerprint density at radius 3 is 2.50 bits per heavy atom. The van der Waals surface area contributed by atoms with Crippen molar-refractivity contribution in [3.05, 3.63) is 29.8 Å². The summed E-state index contributed by atoms with van der Waals surface area (Å²) in [6, 6.07) is 4.83. The predicted octanol–water partition coefficient (Wildman–Crippen LogP) is 0.0935. The fraction of sp³-hybridized carbons (Fsp3) is 0.286. The van der Waals surface area contributed by atoms with Crippen molar-refractivity contribution >= 4 is 29.4 Å². The van der Waals surface area contributed by atoms with Crippen molar-refractivity contribution in [2.75, 3.05) is 5.32 Å². The van der Waals surface area contributed by atoms with Crippen LogP contribution in [-0.4, -0.2) is 34.8 Å². The summed E-state index contributed by atoms with van der Waals surface area (Å²) in [5.41, 5.74) is 5.58. The predicted molar refractivity (Wildman–Crippen MR) is 78.1 cm³/mol. The highest BCUT2D eigenvalue weighted by atomic mass is 16.4. The van der Waals surface area contributed by atoms with Crippen molar-refractivity contribution in [2.24, 2.45) is 5.73 Å². The topological polar surface area (TPSA) is 139 Å². The fourth-order valence-electron chi connectivity index (χ4n) is 1.73. The Kier molecular flexibility index (Phi) is 6.06. The molecule has 1 rings (SSSR count). The molecule has 3 amide bonds. The first-order chi connectivity index (χ1) is 10.3. The van der Waals surface area contributed by atoms with E-state index in [9.17, 15) is 19.2 Å². The summed E-state index contributed by atoms with van der Waals surface area (Å²) in [5.74, 6) is -2.81. The molecule has 8 nitrogen and oxygen atoms in total. The first-order valence-corrected chi connectivity index (χ1v) is 6.49. The maximum absolute atomic E-state index is 12.0. The molecular formula is C14H17N3O5. The molecule has 0 aliphatic rings. The van der Waals surface area contributed by atoms with E-state index in [0.717, 1.165) is 0 Å². The van der Waals surface area contributed by atoms with Gasteiger partial charge < -0.3 is 21.5 Å². The number of benzene rings is 1. The van der Waals surface area contributed by atoms with E-state index < -0.39 is 23.8 Å². The van der Waals surface area contributed by atoms with Crippen LogP contribution in [0.15, 0.2) is 24.3 Å². The summed E-state index contributed by atoms with van der Waals surface area (Å²) in [6.45, 7) is 1.33. The molecule has 0 saturated heterocycles. The van der Waals surface area contributed by atoms with Crippen molar-refractivity contribution in [2.45, 2.75) is 25.8 Å². The van der Waals surface area contributed by atoms with Crippen LogP contribution < -0.4 is 16.4 Å². The molecule has 0 fully saturated rings. The van der Waals surface area contributed by atoms with Crippen LogP contribution >= 0.6 is 0 Å². The first kappa shape index (κ1) is 17.2. The van der Waals surface area contributed by atoms with E-state index in [0.29, 0.717) is 5.69 Å². The summed E-state index contributed by atoms with van der Waals surface area (Å²) >= 11 is 0. The van der Waals surface area contributed by atoms with E-state index in [1.165, 1.54) is 19.1 Å². The molecule has 0 aromatic heterocycles. The molecule has 1 aromatic carbocycles. The number of carbonyl (C=O) groups excluding carboxylic acids is 3. The smallest absolute Gasteiger partial charge is 0.326 e. The minimum absolute atomic E-state index is 0.0954. The van der Waals surface area contributed by atoms with Gasteiger partial charge in [-0.25, -0.2) is 4.79 Å². The molecule has 0 aliphatic heterocycles. The van der Waals surface area contributed by atoms with Crippen LogP contribution in [0.3, 0.4) is 0 Å². The molecule has 0 heterocycles. The van der Waals surface area contributed by atoms with Gasteiger partial charge in [0.05, 0.1) is 0 Å². The number of aliphatic carboxylic acids is 1. The molecule has 1 aromatic rings. The molecule has 1 atom stereocenters. The Morgan fingerprint density at radius 1 is 1.27 bits per heavy atom. The van der Waals surface area contributed by atoms with Gasteiger partial charge in [0.25, 0.3) is 5.91 Å². The zero-order valence-corrected chi connectivity index (χ0v) is 12.0. The minimum atomic E-state index is -1.26. The SMILES string of the molecule is CC(=O)Nc1cccc(C(=O)NC(CCC(N)=O)C(=O)O)c1. The number of rotatable bonds is 7. The number of primary amides is 1. The van der Waals surface area contributed by atoms with Gasteiger partial charge in [-0.15, -0.1) is 0 Å². The molecule has 1 unspecified atom stereocenters. The molecule has 22 heavy (non-hydrogen) atoms. The van der Waals surface area contributed by atoms with Gasteiger partial charge in [0.15, 0.2) is 0 Å². The van der Waals surface area contributed by atoms with Gasteiger partial charge in [0.1, 0.15) is 6.04 Å². The standard InChI is InChI=1S/C14H17N3O5/c1-8(18)16-10-4-2-3-9(7-10)13(20)17-11(14(21)22)5-6-12(15)19/h2-4,7,11H,5-6H2,1H3,(H2,15,19)(H,16,18)(H,17,20)(H,21,22).